The van der Waals surface area contributed by atoms with Gasteiger partial charge in [-0.1, -0.05) is 29.8 Å². The second-order valence-corrected chi connectivity index (χ2v) is 5.73. The van der Waals surface area contributed by atoms with Crippen LogP contribution in [0, 0.1) is 18.3 Å². The summed E-state index contributed by atoms with van der Waals surface area (Å²) in [5, 5.41) is 15.5. The van der Waals surface area contributed by atoms with Gasteiger partial charge in [-0.15, -0.1) is 24.0 Å². The van der Waals surface area contributed by atoms with Crippen molar-refractivity contribution in [1.29, 1.82) is 5.26 Å². The Kier molecular flexibility index (Phi) is 9.52. The van der Waals surface area contributed by atoms with Gasteiger partial charge in [0, 0.05) is 20.1 Å². The SMILES string of the molecule is CN=C(NCCc1cc(C)ccc1OC)NCc1cccc(C#N)c1.I. The van der Waals surface area contributed by atoms with Crippen molar-refractivity contribution in [2.45, 2.75) is 19.9 Å². The highest BCUT2D eigenvalue weighted by Crippen LogP contribution is 2.19. The van der Waals surface area contributed by atoms with Crippen LogP contribution in [0.4, 0.5) is 0 Å². The Morgan fingerprint density at radius 3 is 2.69 bits per heavy atom. The monoisotopic (exact) mass is 464 g/mol. The Balaban J connectivity index is 0.00000338. The lowest BCUT2D eigenvalue weighted by Gasteiger charge is -2.13. The van der Waals surface area contributed by atoms with Crippen LogP contribution in [0.3, 0.4) is 0 Å². The van der Waals surface area contributed by atoms with Crippen molar-refractivity contribution in [3.8, 4) is 11.8 Å². The van der Waals surface area contributed by atoms with E-state index in [0.717, 1.165) is 30.2 Å². The molecule has 138 valence electrons. The Morgan fingerprint density at radius 1 is 1.19 bits per heavy atom. The van der Waals surface area contributed by atoms with Gasteiger partial charge in [0.05, 0.1) is 18.7 Å². The fourth-order valence-corrected chi connectivity index (χ4v) is 2.58. The van der Waals surface area contributed by atoms with Crippen LogP contribution in [0.25, 0.3) is 0 Å². The van der Waals surface area contributed by atoms with Gasteiger partial charge in [-0.05, 0) is 42.7 Å². The normalized spacial score (nSPS) is 10.5. The largest absolute Gasteiger partial charge is 0.496 e. The zero-order valence-electron chi connectivity index (χ0n) is 15.4. The van der Waals surface area contributed by atoms with Gasteiger partial charge in [0.1, 0.15) is 5.75 Å². The molecule has 0 unspecified atom stereocenters. The van der Waals surface area contributed by atoms with Crippen LogP contribution < -0.4 is 15.4 Å². The number of nitrogens with zero attached hydrogens (tertiary/aromatic N) is 2. The first-order valence-electron chi connectivity index (χ1n) is 8.23. The maximum absolute atomic E-state index is 8.96. The molecule has 0 fully saturated rings. The quantitative estimate of drug-likeness (QED) is 0.391. The van der Waals surface area contributed by atoms with Crippen molar-refractivity contribution in [2.75, 3.05) is 20.7 Å². The summed E-state index contributed by atoms with van der Waals surface area (Å²) in [6.07, 6.45) is 0.843. The zero-order valence-corrected chi connectivity index (χ0v) is 17.7. The molecule has 0 aliphatic heterocycles. The summed E-state index contributed by atoms with van der Waals surface area (Å²) in [5.74, 6) is 1.64. The first kappa shape index (κ1) is 21.8. The van der Waals surface area contributed by atoms with Crippen molar-refractivity contribution in [3.63, 3.8) is 0 Å². The van der Waals surface area contributed by atoms with Gasteiger partial charge < -0.3 is 15.4 Å². The van der Waals surface area contributed by atoms with E-state index in [9.17, 15) is 0 Å². The zero-order chi connectivity index (χ0) is 18.1. The van der Waals surface area contributed by atoms with Crippen LogP contribution in [0.2, 0.25) is 0 Å². The fraction of sp³-hybridized carbons (Fsp3) is 0.300. The van der Waals surface area contributed by atoms with Gasteiger partial charge in [-0.2, -0.15) is 5.26 Å². The molecule has 0 heterocycles. The smallest absolute Gasteiger partial charge is 0.191 e. The maximum Gasteiger partial charge on any atom is 0.191 e. The van der Waals surface area contributed by atoms with Crippen molar-refractivity contribution >= 4 is 29.9 Å². The third kappa shape index (κ3) is 6.56. The van der Waals surface area contributed by atoms with Gasteiger partial charge in [-0.25, -0.2) is 0 Å². The van der Waals surface area contributed by atoms with Crippen molar-refractivity contribution in [1.82, 2.24) is 10.6 Å². The van der Waals surface area contributed by atoms with E-state index in [-0.39, 0.29) is 24.0 Å². The highest BCUT2D eigenvalue weighted by molar-refractivity contribution is 14.0. The summed E-state index contributed by atoms with van der Waals surface area (Å²) in [5.41, 5.74) is 4.10. The number of aryl methyl sites for hydroxylation is 1. The van der Waals surface area contributed by atoms with Gasteiger partial charge in [-0.3, -0.25) is 4.99 Å². The minimum absolute atomic E-state index is 0. The van der Waals surface area contributed by atoms with E-state index in [0.29, 0.717) is 12.1 Å². The van der Waals surface area contributed by atoms with Gasteiger partial charge in [0.25, 0.3) is 0 Å². The van der Waals surface area contributed by atoms with Crippen molar-refractivity contribution in [3.05, 3.63) is 64.7 Å². The van der Waals surface area contributed by atoms with Gasteiger partial charge in [0.15, 0.2) is 5.96 Å². The minimum Gasteiger partial charge on any atom is -0.496 e. The molecule has 0 bridgehead atoms. The van der Waals surface area contributed by atoms with Crippen LogP contribution in [0.5, 0.6) is 5.75 Å². The average Bonchev–Trinajstić information content (AvgIpc) is 2.64. The third-order valence-electron chi connectivity index (χ3n) is 3.86. The molecular weight excluding hydrogens is 439 g/mol. The number of nitrogens with one attached hydrogen (secondary N) is 2. The van der Waals surface area contributed by atoms with E-state index in [2.05, 4.69) is 34.7 Å². The molecule has 0 aliphatic carbocycles. The van der Waals surface area contributed by atoms with E-state index in [1.807, 2.05) is 30.3 Å². The van der Waals surface area contributed by atoms with E-state index >= 15 is 0 Å². The first-order chi connectivity index (χ1) is 12.2. The lowest BCUT2D eigenvalue weighted by Crippen LogP contribution is -2.37. The third-order valence-corrected chi connectivity index (χ3v) is 3.86. The average molecular weight is 464 g/mol. The second-order valence-electron chi connectivity index (χ2n) is 5.73. The summed E-state index contributed by atoms with van der Waals surface area (Å²) in [7, 11) is 3.44. The highest BCUT2D eigenvalue weighted by Gasteiger charge is 2.04. The Labute approximate surface area is 172 Å². The van der Waals surface area contributed by atoms with Crippen molar-refractivity contribution < 1.29 is 4.74 Å². The summed E-state index contributed by atoms with van der Waals surface area (Å²) in [6, 6.07) is 15.9. The van der Waals surface area contributed by atoms with Crippen LogP contribution in [-0.4, -0.2) is 26.7 Å². The summed E-state index contributed by atoms with van der Waals surface area (Å²) >= 11 is 0. The molecule has 0 radical (unpaired) electrons. The van der Waals surface area contributed by atoms with Crippen molar-refractivity contribution in [2.24, 2.45) is 4.99 Å². The van der Waals surface area contributed by atoms with E-state index in [1.54, 1.807) is 20.2 Å². The number of nitriles is 1. The summed E-state index contributed by atoms with van der Waals surface area (Å²) in [4.78, 5) is 4.24. The number of methoxy groups -OCH3 is 1. The lowest BCUT2D eigenvalue weighted by atomic mass is 10.1. The molecule has 0 aliphatic rings. The molecule has 0 saturated heterocycles. The molecule has 2 aromatic rings. The van der Waals surface area contributed by atoms with E-state index in [4.69, 9.17) is 10.00 Å². The van der Waals surface area contributed by atoms with Gasteiger partial charge >= 0.3 is 0 Å². The fourth-order valence-electron chi connectivity index (χ4n) is 2.58. The lowest BCUT2D eigenvalue weighted by molar-refractivity contribution is 0.409. The molecule has 5 nitrogen and oxygen atoms in total. The molecule has 2 aromatic carbocycles. The number of hydrogen-bond acceptors (Lipinski definition) is 3. The Morgan fingerprint density at radius 2 is 2.00 bits per heavy atom. The molecular formula is C20H25IN4O. The maximum atomic E-state index is 8.96. The number of hydrogen-bond donors (Lipinski definition) is 2. The highest BCUT2D eigenvalue weighted by atomic mass is 127. The first-order valence-corrected chi connectivity index (χ1v) is 8.23. The van der Waals surface area contributed by atoms with Crippen LogP contribution in [0.1, 0.15) is 22.3 Å². The Hall–Kier alpha value is -2.27. The van der Waals surface area contributed by atoms with Crippen LogP contribution >= 0.6 is 24.0 Å². The molecule has 2 rings (SSSR count). The predicted molar refractivity (Wildman–Crippen MR) is 116 cm³/mol. The number of guanidine groups is 1. The van der Waals surface area contributed by atoms with Crippen LogP contribution in [-0.2, 0) is 13.0 Å². The van der Waals surface area contributed by atoms with Gasteiger partial charge in [0.2, 0.25) is 0 Å². The molecule has 0 saturated carbocycles. The molecule has 26 heavy (non-hydrogen) atoms. The predicted octanol–water partition coefficient (Wildman–Crippen LogP) is 3.40. The second kappa shape index (κ2) is 11.4. The number of rotatable bonds is 6. The summed E-state index contributed by atoms with van der Waals surface area (Å²) in [6.45, 7) is 3.44. The Bertz CT molecular complexity index is 784. The number of aliphatic imine (C=N–C) groups is 1. The molecule has 0 atom stereocenters. The molecule has 0 amide bonds. The van der Waals surface area contributed by atoms with E-state index < -0.39 is 0 Å². The topological polar surface area (TPSA) is 69.4 Å². The van der Waals surface area contributed by atoms with Crippen LogP contribution in [0.15, 0.2) is 47.5 Å². The van der Waals surface area contributed by atoms with E-state index in [1.165, 1.54) is 11.1 Å². The summed E-state index contributed by atoms with van der Waals surface area (Å²) < 4.78 is 5.41. The standard InChI is InChI=1S/C20H24N4O.HI/c1-15-7-8-19(25-3)18(11-15)9-10-23-20(22-2)24-14-17-6-4-5-16(12-17)13-21;/h4-8,11-12H,9-10,14H2,1-3H3,(H2,22,23,24);1H. The minimum atomic E-state index is 0. The molecule has 6 heteroatoms. The number of halogens is 1. The molecule has 0 spiro atoms. The molecule has 0 aromatic heterocycles. The number of ether oxygens (including phenoxy) is 1. The molecule has 2 N–H and O–H groups in total. The number of benzene rings is 2.